The zero-order valence-electron chi connectivity index (χ0n) is 18.0. The molecule has 0 N–H and O–H groups in total. The summed E-state index contributed by atoms with van der Waals surface area (Å²) in [5.41, 5.74) is 1.85. The molecule has 0 fully saturated rings. The number of halogens is 1. The zero-order valence-corrected chi connectivity index (χ0v) is 19.7. The van der Waals surface area contributed by atoms with E-state index in [0.29, 0.717) is 24.6 Å². The summed E-state index contributed by atoms with van der Waals surface area (Å²) >= 11 is 1.41. The Morgan fingerprint density at radius 2 is 1.97 bits per heavy atom. The highest BCUT2D eigenvalue weighted by molar-refractivity contribution is 7.91. The SMILES string of the molecule is Cc1cccc2sc(N(CCCn3ccnc3)C(=O)CCS(=O)(=O)c3ccc(F)cc3)nc12. The van der Waals surface area contributed by atoms with E-state index in [2.05, 4.69) is 9.97 Å². The molecule has 7 nitrogen and oxygen atoms in total. The zero-order chi connectivity index (χ0) is 23.4. The molecule has 172 valence electrons. The van der Waals surface area contributed by atoms with Crippen LogP contribution in [-0.4, -0.2) is 41.2 Å². The van der Waals surface area contributed by atoms with Gasteiger partial charge in [0.2, 0.25) is 5.91 Å². The summed E-state index contributed by atoms with van der Waals surface area (Å²) in [5.74, 6) is -1.19. The number of rotatable bonds is 9. The van der Waals surface area contributed by atoms with Crippen molar-refractivity contribution in [1.82, 2.24) is 14.5 Å². The highest BCUT2D eigenvalue weighted by Gasteiger charge is 2.23. The number of para-hydroxylation sites is 1. The number of sulfone groups is 1. The predicted molar refractivity (Wildman–Crippen MR) is 127 cm³/mol. The van der Waals surface area contributed by atoms with Crippen LogP contribution in [0.2, 0.25) is 0 Å². The quantitative estimate of drug-likeness (QED) is 0.331. The van der Waals surface area contributed by atoms with Crippen molar-refractivity contribution in [3.8, 4) is 0 Å². The summed E-state index contributed by atoms with van der Waals surface area (Å²) in [7, 11) is -3.72. The Kier molecular flexibility index (Phi) is 6.85. The van der Waals surface area contributed by atoms with E-state index in [-0.39, 0.29) is 23.0 Å². The molecule has 0 aliphatic rings. The van der Waals surface area contributed by atoms with Crippen molar-refractivity contribution < 1.29 is 17.6 Å². The highest BCUT2D eigenvalue weighted by atomic mass is 32.2. The van der Waals surface area contributed by atoms with E-state index in [0.717, 1.165) is 27.9 Å². The Hall–Kier alpha value is -3.11. The summed E-state index contributed by atoms with van der Waals surface area (Å²) in [6.45, 7) is 3.03. The van der Waals surface area contributed by atoms with Crippen molar-refractivity contribution in [1.29, 1.82) is 0 Å². The lowest BCUT2D eigenvalue weighted by atomic mass is 10.2. The predicted octanol–water partition coefficient (Wildman–Crippen LogP) is 4.23. The fourth-order valence-electron chi connectivity index (χ4n) is 3.46. The van der Waals surface area contributed by atoms with E-state index < -0.39 is 15.7 Å². The Labute approximate surface area is 195 Å². The number of hydrogen-bond donors (Lipinski definition) is 0. The van der Waals surface area contributed by atoms with Crippen molar-refractivity contribution in [2.45, 2.75) is 31.2 Å². The van der Waals surface area contributed by atoms with Gasteiger partial charge in [0, 0.05) is 31.9 Å². The Bertz CT molecular complexity index is 1350. The number of carbonyl (C=O) groups is 1. The van der Waals surface area contributed by atoms with E-state index in [1.54, 1.807) is 17.4 Å². The minimum absolute atomic E-state index is 0.000954. The molecule has 4 rings (SSSR count). The topological polar surface area (TPSA) is 85.2 Å². The van der Waals surface area contributed by atoms with Crippen LogP contribution in [0.1, 0.15) is 18.4 Å². The summed E-state index contributed by atoms with van der Waals surface area (Å²) in [6.07, 6.45) is 5.71. The molecular weight excluding hydrogens is 463 g/mol. The van der Waals surface area contributed by atoms with Gasteiger partial charge < -0.3 is 4.57 Å². The number of aromatic nitrogens is 3. The van der Waals surface area contributed by atoms with Gasteiger partial charge in [0.25, 0.3) is 0 Å². The molecule has 0 spiro atoms. The second-order valence-electron chi connectivity index (χ2n) is 7.64. The number of carbonyl (C=O) groups excluding carboxylic acids is 1. The van der Waals surface area contributed by atoms with Gasteiger partial charge in [-0.25, -0.2) is 22.8 Å². The second kappa shape index (κ2) is 9.80. The normalized spacial score (nSPS) is 11.7. The van der Waals surface area contributed by atoms with E-state index in [4.69, 9.17) is 0 Å². The van der Waals surface area contributed by atoms with Crippen LogP contribution >= 0.6 is 11.3 Å². The third kappa shape index (κ3) is 5.45. The minimum Gasteiger partial charge on any atom is -0.337 e. The monoisotopic (exact) mass is 486 g/mol. The van der Waals surface area contributed by atoms with Gasteiger partial charge in [0.15, 0.2) is 15.0 Å². The van der Waals surface area contributed by atoms with Crippen LogP contribution in [0.5, 0.6) is 0 Å². The first-order chi connectivity index (χ1) is 15.8. The largest absolute Gasteiger partial charge is 0.337 e. The van der Waals surface area contributed by atoms with Gasteiger partial charge >= 0.3 is 0 Å². The van der Waals surface area contributed by atoms with Gasteiger partial charge in [0.1, 0.15) is 5.82 Å². The molecule has 0 radical (unpaired) electrons. The Morgan fingerprint density at radius 1 is 1.18 bits per heavy atom. The van der Waals surface area contributed by atoms with E-state index in [1.165, 1.54) is 23.5 Å². The van der Waals surface area contributed by atoms with Gasteiger partial charge in [-0.15, -0.1) is 0 Å². The first-order valence-electron chi connectivity index (χ1n) is 10.4. The molecule has 0 saturated carbocycles. The van der Waals surface area contributed by atoms with E-state index in [1.807, 2.05) is 35.9 Å². The molecule has 10 heteroatoms. The fraction of sp³-hybridized carbons (Fsp3) is 0.261. The summed E-state index contributed by atoms with van der Waals surface area (Å²) in [6, 6.07) is 10.5. The van der Waals surface area contributed by atoms with E-state index >= 15 is 0 Å². The third-order valence-electron chi connectivity index (χ3n) is 5.26. The summed E-state index contributed by atoms with van der Waals surface area (Å²) in [4.78, 5) is 23.4. The van der Waals surface area contributed by atoms with Crippen molar-refractivity contribution in [3.05, 3.63) is 72.6 Å². The molecule has 2 heterocycles. The molecule has 0 saturated heterocycles. The standard InChI is InChI=1S/C23H23FN4O3S2/c1-17-4-2-5-20-22(17)26-23(32-20)28(13-3-12-27-14-11-25-16-27)21(29)10-15-33(30,31)19-8-6-18(24)7-9-19/h2,4-9,11,14,16H,3,10,12-13,15H2,1H3. The van der Waals surface area contributed by atoms with Gasteiger partial charge in [-0.1, -0.05) is 23.5 Å². The number of amides is 1. The molecule has 0 aliphatic carbocycles. The number of fused-ring (bicyclic) bond motifs is 1. The maximum Gasteiger partial charge on any atom is 0.229 e. The highest BCUT2D eigenvalue weighted by Crippen LogP contribution is 2.31. The van der Waals surface area contributed by atoms with Crippen LogP contribution < -0.4 is 4.90 Å². The number of aryl methyl sites for hydroxylation is 2. The van der Waals surface area contributed by atoms with Gasteiger partial charge in [0.05, 0.1) is 27.2 Å². The van der Waals surface area contributed by atoms with Crippen LogP contribution in [0.25, 0.3) is 10.2 Å². The van der Waals surface area contributed by atoms with E-state index in [9.17, 15) is 17.6 Å². The van der Waals surface area contributed by atoms with Gasteiger partial charge in [-0.05, 0) is 49.2 Å². The van der Waals surface area contributed by atoms with Crippen LogP contribution in [0, 0.1) is 12.7 Å². The molecule has 2 aromatic carbocycles. The molecule has 4 aromatic rings. The van der Waals surface area contributed by atoms with Crippen LogP contribution in [0.4, 0.5) is 9.52 Å². The van der Waals surface area contributed by atoms with Crippen LogP contribution in [0.3, 0.4) is 0 Å². The van der Waals surface area contributed by atoms with Crippen LogP contribution in [-0.2, 0) is 21.2 Å². The summed E-state index contributed by atoms with van der Waals surface area (Å²) < 4.78 is 41.3. The number of benzene rings is 2. The first kappa shape index (κ1) is 23.1. The molecule has 1 amide bonds. The van der Waals surface area contributed by atoms with Crippen LogP contribution in [0.15, 0.2) is 66.1 Å². The lowest BCUT2D eigenvalue weighted by Gasteiger charge is -2.20. The lowest BCUT2D eigenvalue weighted by Crippen LogP contribution is -2.33. The fourth-order valence-corrected chi connectivity index (χ4v) is 5.78. The number of hydrogen-bond acceptors (Lipinski definition) is 6. The summed E-state index contributed by atoms with van der Waals surface area (Å²) in [5, 5.41) is 0.550. The minimum atomic E-state index is -3.72. The molecule has 0 unspecified atom stereocenters. The average molecular weight is 487 g/mol. The molecule has 33 heavy (non-hydrogen) atoms. The first-order valence-corrected chi connectivity index (χ1v) is 12.9. The van der Waals surface area contributed by atoms with Crippen molar-refractivity contribution >= 4 is 42.4 Å². The molecule has 0 aliphatic heterocycles. The Balaban J connectivity index is 1.52. The average Bonchev–Trinajstić information content (AvgIpc) is 3.46. The number of anilines is 1. The van der Waals surface area contributed by atoms with Gasteiger partial charge in [-0.3, -0.25) is 9.69 Å². The molecule has 0 bridgehead atoms. The Morgan fingerprint density at radius 3 is 2.67 bits per heavy atom. The molecule has 0 atom stereocenters. The maximum absolute atomic E-state index is 13.2. The van der Waals surface area contributed by atoms with Gasteiger partial charge in [-0.2, -0.15) is 0 Å². The maximum atomic E-state index is 13.2. The third-order valence-corrected chi connectivity index (χ3v) is 8.03. The number of imidazole rings is 1. The smallest absolute Gasteiger partial charge is 0.229 e. The number of thiazole rings is 1. The second-order valence-corrected chi connectivity index (χ2v) is 10.8. The molecular formula is C23H23FN4O3S2. The molecule has 2 aromatic heterocycles. The van der Waals surface area contributed by atoms with Crippen molar-refractivity contribution in [3.63, 3.8) is 0 Å². The lowest BCUT2D eigenvalue weighted by molar-refractivity contribution is -0.118. The number of nitrogens with zero attached hydrogens (tertiary/aromatic N) is 4. The van der Waals surface area contributed by atoms with Crippen molar-refractivity contribution in [2.24, 2.45) is 0 Å². The van der Waals surface area contributed by atoms with Crippen molar-refractivity contribution in [2.75, 3.05) is 17.2 Å².